The normalized spacial score (nSPS) is 17.4. The van der Waals surface area contributed by atoms with E-state index in [4.69, 9.17) is 4.74 Å². The van der Waals surface area contributed by atoms with Crippen LogP contribution in [0, 0.1) is 12.7 Å². The third-order valence-electron chi connectivity index (χ3n) is 5.24. The zero-order valence-electron chi connectivity index (χ0n) is 15.6. The molecule has 27 heavy (non-hydrogen) atoms. The minimum absolute atomic E-state index is 0.0206. The van der Waals surface area contributed by atoms with Crippen LogP contribution in [0.2, 0.25) is 0 Å². The lowest BCUT2D eigenvalue weighted by atomic mass is 10.0. The number of nitrogens with one attached hydrogen (secondary N) is 1. The number of aromatic nitrogens is 2. The highest BCUT2D eigenvalue weighted by atomic mass is 19.1. The molecule has 2 aromatic carbocycles. The van der Waals surface area contributed by atoms with Crippen LogP contribution in [0.4, 0.5) is 4.39 Å². The van der Waals surface area contributed by atoms with Crippen LogP contribution in [0.25, 0.3) is 11.0 Å². The zero-order valence-corrected chi connectivity index (χ0v) is 15.6. The first-order chi connectivity index (χ1) is 13.0. The molecule has 2 N–H and O–H groups in total. The van der Waals surface area contributed by atoms with Crippen molar-refractivity contribution >= 4 is 11.0 Å². The molecule has 3 aromatic rings. The number of rotatable bonds is 4. The molecule has 2 heterocycles. The van der Waals surface area contributed by atoms with E-state index in [9.17, 15) is 9.50 Å². The summed E-state index contributed by atoms with van der Waals surface area (Å²) >= 11 is 0. The van der Waals surface area contributed by atoms with Gasteiger partial charge in [0.15, 0.2) is 0 Å². The third kappa shape index (κ3) is 3.68. The van der Waals surface area contributed by atoms with E-state index in [1.165, 1.54) is 12.1 Å². The molecule has 5 nitrogen and oxygen atoms in total. The lowest BCUT2D eigenvalue weighted by Gasteiger charge is -2.31. The number of imidazole rings is 1. The van der Waals surface area contributed by atoms with Gasteiger partial charge in [-0.05, 0) is 56.6 Å². The van der Waals surface area contributed by atoms with Crippen molar-refractivity contribution in [3.63, 3.8) is 0 Å². The molecule has 0 aliphatic carbocycles. The molecule has 0 radical (unpaired) electrons. The highest BCUT2D eigenvalue weighted by molar-refractivity contribution is 5.75. The molecule has 0 amide bonds. The molecule has 1 saturated heterocycles. The molecule has 1 aliphatic rings. The van der Waals surface area contributed by atoms with Gasteiger partial charge in [-0.2, -0.15) is 0 Å². The van der Waals surface area contributed by atoms with E-state index in [2.05, 4.69) is 21.9 Å². The maximum Gasteiger partial charge on any atom is 0.144 e. The minimum atomic E-state index is -0.652. The number of aryl methyl sites for hydroxylation is 1. The average Bonchev–Trinajstić information content (AvgIpc) is 3.08. The monoisotopic (exact) mass is 369 g/mol. The van der Waals surface area contributed by atoms with Gasteiger partial charge in [0.05, 0.1) is 17.1 Å². The van der Waals surface area contributed by atoms with Gasteiger partial charge in [0.2, 0.25) is 0 Å². The number of hydrogen-bond acceptors (Lipinski definition) is 4. The summed E-state index contributed by atoms with van der Waals surface area (Å²) in [6, 6.07) is 10.5. The SMILES string of the molecule is Cc1cc(O)c(C(OC2CCN(C)CC2)c2nc3ccccc3[nH]2)cc1F. The maximum atomic E-state index is 14.3. The third-order valence-corrected chi connectivity index (χ3v) is 5.24. The number of ether oxygens (including phenoxy) is 1. The molecule has 6 heteroatoms. The Bertz CT molecular complexity index is 915. The summed E-state index contributed by atoms with van der Waals surface area (Å²) < 4.78 is 20.6. The largest absolute Gasteiger partial charge is 0.508 e. The van der Waals surface area contributed by atoms with Crippen LogP contribution in [0.3, 0.4) is 0 Å². The second-order valence-corrected chi connectivity index (χ2v) is 7.32. The van der Waals surface area contributed by atoms with Crippen molar-refractivity contribution in [1.29, 1.82) is 0 Å². The molecule has 0 spiro atoms. The summed E-state index contributed by atoms with van der Waals surface area (Å²) in [4.78, 5) is 10.2. The predicted octanol–water partition coefficient (Wildman–Crippen LogP) is 3.92. The summed E-state index contributed by atoms with van der Waals surface area (Å²) in [5, 5.41) is 10.5. The van der Waals surface area contributed by atoms with Gasteiger partial charge in [-0.25, -0.2) is 9.37 Å². The topological polar surface area (TPSA) is 61.4 Å². The van der Waals surface area contributed by atoms with E-state index >= 15 is 0 Å². The number of para-hydroxylation sites is 2. The Balaban J connectivity index is 1.74. The van der Waals surface area contributed by atoms with Gasteiger partial charge in [-0.1, -0.05) is 12.1 Å². The fourth-order valence-corrected chi connectivity index (χ4v) is 3.59. The number of fused-ring (bicyclic) bond motifs is 1. The Morgan fingerprint density at radius 2 is 2.00 bits per heavy atom. The highest BCUT2D eigenvalue weighted by Gasteiger charge is 2.28. The summed E-state index contributed by atoms with van der Waals surface area (Å²) in [6.45, 7) is 3.53. The van der Waals surface area contributed by atoms with E-state index < -0.39 is 6.10 Å². The molecule has 1 fully saturated rings. The van der Waals surface area contributed by atoms with Crippen molar-refractivity contribution in [2.45, 2.75) is 32.0 Å². The molecular formula is C21H24FN3O2. The smallest absolute Gasteiger partial charge is 0.144 e. The van der Waals surface area contributed by atoms with E-state index in [0.717, 1.165) is 37.0 Å². The summed E-state index contributed by atoms with van der Waals surface area (Å²) in [6.07, 6.45) is 1.16. The molecule has 1 aliphatic heterocycles. The van der Waals surface area contributed by atoms with E-state index in [1.807, 2.05) is 24.3 Å². The lowest BCUT2D eigenvalue weighted by Crippen LogP contribution is -2.35. The van der Waals surface area contributed by atoms with Crippen molar-refractivity contribution in [3.05, 3.63) is 59.2 Å². The molecule has 142 valence electrons. The predicted molar refractivity (Wildman–Crippen MR) is 102 cm³/mol. The Labute approximate surface area is 157 Å². The van der Waals surface area contributed by atoms with Gasteiger partial charge < -0.3 is 19.7 Å². The number of phenolic OH excluding ortho intramolecular Hbond substituents is 1. The van der Waals surface area contributed by atoms with E-state index in [-0.39, 0.29) is 17.7 Å². The summed E-state index contributed by atoms with van der Waals surface area (Å²) in [7, 11) is 2.09. The van der Waals surface area contributed by atoms with Gasteiger partial charge in [0.25, 0.3) is 0 Å². The number of hydrogen-bond donors (Lipinski definition) is 2. The number of benzene rings is 2. The quantitative estimate of drug-likeness (QED) is 0.732. The molecule has 4 rings (SSSR count). The van der Waals surface area contributed by atoms with Crippen LogP contribution in [0.15, 0.2) is 36.4 Å². The second-order valence-electron chi connectivity index (χ2n) is 7.32. The van der Waals surface area contributed by atoms with Gasteiger partial charge in [0.1, 0.15) is 23.5 Å². The Morgan fingerprint density at radius 3 is 2.74 bits per heavy atom. The van der Waals surface area contributed by atoms with E-state index in [1.54, 1.807) is 6.92 Å². The fourth-order valence-electron chi connectivity index (χ4n) is 3.59. The molecular weight excluding hydrogens is 345 g/mol. The Kier molecular flexibility index (Phi) is 4.85. The van der Waals surface area contributed by atoms with Gasteiger partial charge >= 0.3 is 0 Å². The van der Waals surface area contributed by atoms with Crippen LogP contribution in [0.1, 0.15) is 35.9 Å². The van der Waals surface area contributed by atoms with Crippen molar-refractivity contribution in [1.82, 2.24) is 14.9 Å². The molecule has 0 bridgehead atoms. The minimum Gasteiger partial charge on any atom is -0.508 e. The van der Waals surface area contributed by atoms with Crippen molar-refractivity contribution in [2.24, 2.45) is 0 Å². The van der Waals surface area contributed by atoms with Crippen molar-refractivity contribution < 1.29 is 14.2 Å². The molecule has 1 unspecified atom stereocenters. The van der Waals surface area contributed by atoms with Crippen LogP contribution >= 0.6 is 0 Å². The Hall–Kier alpha value is -2.44. The van der Waals surface area contributed by atoms with Crippen LogP contribution in [-0.2, 0) is 4.74 Å². The number of likely N-dealkylation sites (tertiary alicyclic amines) is 1. The number of halogens is 1. The summed E-state index contributed by atoms with van der Waals surface area (Å²) in [5.74, 6) is 0.233. The highest BCUT2D eigenvalue weighted by Crippen LogP contribution is 2.35. The number of H-pyrrole nitrogens is 1. The number of piperidine rings is 1. The molecule has 0 saturated carbocycles. The molecule has 1 atom stereocenters. The van der Waals surface area contributed by atoms with Gasteiger partial charge in [0, 0.05) is 18.7 Å². The number of aromatic hydroxyl groups is 1. The Morgan fingerprint density at radius 1 is 1.26 bits per heavy atom. The van der Waals surface area contributed by atoms with Crippen LogP contribution in [0.5, 0.6) is 5.75 Å². The number of nitrogens with zero attached hydrogens (tertiary/aromatic N) is 2. The van der Waals surface area contributed by atoms with E-state index in [0.29, 0.717) is 17.0 Å². The van der Waals surface area contributed by atoms with Crippen molar-refractivity contribution in [3.8, 4) is 5.75 Å². The standard InChI is InChI=1S/C21H24FN3O2/c1-13-11-19(26)15(12-16(13)22)20(27-14-7-9-25(2)10-8-14)21-23-17-5-3-4-6-18(17)24-21/h3-6,11-12,14,20,26H,7-10H2,1-2H3,(H,23,24). The average molecular weight is 369 g/mol. The zero-order chi connectivity index (χ0) is 19.0. The summed E-state index contributed by atoms with van der Waals surface area (Å²) in [5.41, 5.74) is 2.50. The first-order valence-electron chi connectivity index (χ1n) is 9.29. The van der Waals surface area contributed by atoms with Crippen LogP contribution in [-0.4, -0.2) is 46.2 Å². The maximum absolute atomic E-state index is 14.3. The number of aromatic amines is 1. The molecule has 1 aromatic heterocycles. The van der Waals surface area contributed by atoms with Gasteiger partial charge in [-0.3, -0.25) is 0 Å². The van der Waals surface area contributed by atoms with Gasteiger partial charge in [-0.15, -0.1) is 0 Å². The van der Waals surface area contributed by atoms with Crippen LogP contribution < -0.4 is 0 Å². The first-order valence-corrected chi connectivity index (χ1v) is 9.29. The van der Waals surface area contributed by atoms with Crippen molar-refractivity contribution in [2.75, 3.05) is 20.1 Å². The fraction of sp³-hybridized carbons (Fsp3) is 0.381. The first kappa shape index (κ1) is 17.9. The number of phenols is 1. The lowest BCUT2D eigenvalue weighted by molar-refractivity contribution is -0.0272. The second kappa shape index (κ2) is 7.29.